The van der Waals surface area contributed by atoms with Crippen molar-refractivity contribution in [2.75, 3.05) is 19.8 Å². The smallest absolute Gasteiger partial charge is 0.255 e. The summed E-state index contributed by atoms with van der Waals surface area (Å²) in [5, 5.41) is 3.10. The molecule has 0 radical (unpaired) electrons. The van der Waals surface area contributed by atoms with Crippen molar-refractivity contribution in [1.29, 1.82) is 0 Å². The maximum Gasteiger partial charge on any atom is 0.255 e. The van der Waals surface area contributed by atoms with Crippen LogP contribution in [0, 0.1) is 6.92 Å². The fraction of sp³-hybridized carbons (Fsp3) is 0.438. The lowest BCUT2D eigenvalue weighted by Gasteiger charge is -2.49. The first kappa shape index (κ1) is 12.4. The van der Waals surface area contributed by atoms with Crippen LogP contribution >= 0.6 is 11.3 Å². The number of thiophene rings is 1. The van der Waals surface area contributed by atoms with Crippen LogP contribution in [0.2, 0.25) is 0 Å². The van der Waals surface area contributed by atoms with Gasteiger partial charge in [-0.25, -0.2) is 0 Å². The third-order valence-electron chi connectivity index (χ3n) is 4.66. The van der Waals surface area contributed by atoms with Crippen molar-refractivity contribution in [3.05, 3.63) is 34.7 Å². The van der Waals surface area contributed by atoms with E-state index in [4.69, 9.17) is 4.74 Å². The first-order chi connectivity index (χ1) is 9.70. The van der Waals surface area contributed by atoms with E-state index in [0.29, 0.717) is 6.61 Å². The van der Waals surface area contributed by atoms with Gasteiger partial charge < -0.3 is 9.64 Å². The second-order valence-electron chi connectivity index (χ2n) is 5.88. The maximum absolute atomic E-state index is 12.8. The second-order valence-corrected chi connectivity index (χ2v) is 6.79. The number of aryl methyl sites for hydroxylation is 1. The summed E-state index contributed by atoms with van der Waals surface area (Å²) in [5.41, 5.74) is 2.09. The summed E-state index contributed by atoms with van der Waals surface area (Å²) in [6, 6.07) is 6.31. The van der Waals surface area contributed by atoms with Crippen molar-refractivity contribution in [3.8, 4) is 0 Å². The van der Waals surface area contributed by atoms with Crippen molar-refractivity contribution in [2.45, 2.75) is 25.3 Å². The summed E-state index contributed by atoms with van der Waals surface area (Å²) in [7, 11) is 0. The van der Waals surface area contributed by atoms with Crippen molar-refractivity contribution in [3.63, 3.8) is 0 Å². The number of likely N-dealkylation sites (tertiary alicyclic amines) is 1. The van der Waals surface area contributed by atoms with Gasteiger partial charge in [0.15, 0.2) is 0 Å². The summed E-state index contributed by atoms with van der Waals surface area (Å²) in [6.45, 7) is 4.44. The lowest BCUT2D eigenvalue weighted by Crippen LogP contribution is -2.62. The van der Waals surface area contributed by atoms with Gasteiger partial charge in [0.1, 0.15) is 0 Å². The van der Waals surface area contributed by atoms with Crippen LogP contribution in [0.3, 0.4) is 0 Å². The lowest BCUT2D eigenvalue weighted by molar-refractivity contribution is -0.00775. The van der Waals surface area contributed by atoms with Crippen LogP contribution in [-0.2, 0) is 4.74 Å². The molecule has 104 valence electrons. The number of hydrogen-bond acceptors (Lipinski definition) is 3. The third-order valence-corrected chi connectivity index (χ3v) is 5.61. The number of rotatable bonds is 1. The largest absolute Gasteiger partial charge is 0.379 e. The molecule has 0 N–H and O–H groups in total. The molecule has 1 aromatic carbocycles. The molecule has 0 bridgehead atoms. The minimum Gasteiger partial charge on any atom is -0.379 e. The molecule has 3 nitrogen and oxygen atoms in total. The first-order valence-corrected chi connectivity index (χ1v) is 7.95. The van der Waals surface area contributed by atoms with Crippen LogP contribution in [0.25, 0.3) is 10.1 Å². The Morgan fingerprint density at radius 1 is 1.40 bits per heavy atom. The van der Waals surface area contributed by atoms with Gasteiger partial charge in [-0.1, -0.05) is 12.1 Å². The number of carbonyl (C=O) groups excluding carboxylic acids is 1. The Kier molecular flexibility index (Phi) is 2.66. The Morgan fingerprint density at radius 2 is 2.30 bits per heavy atom. The van der Waals surface area contributed by atoms with Crippen LogP contribution in [0.5, 0.6) is 0 Å². The molecule has 2 saturated heterocycles. The van der Waals surface area contributed by atoms with E-state index in [9.17, 15) is 4.79 Å². The molecule has 4 heteroatoms. The molecule has 0 saturated carbocycles. The standard InChI is InChI=1S/C16H17NO2S/c1-11-2-3-12-13(9-20-14(12)8-11)15(18)17-6-4-16(17)5-7-19-10-16/h2-3,8-9H,4-7,10H2,1H3. The van der Waals surface area contributed by atoms with Crippen molar-refractivity contribution >= 4 is 27.3 Å². The summed E-state index contributed by atoms with van der Waals surface area (Å²) in [6.07, 6.45) is 2.07. The van der Waals surface area contributed by atoms with E-state index in [0.717, 1.165) is 36.9 Å². The monoisotopic (exact) mass is 287 g/mol. The van der Waals surface area contributed by atoms with E-state index < -0.39 is 0 Å². The van der Waals surface area contributed by atoms with Crippen molar-refractivity contribution < 1.29 is 9.53 Å². The van der Waals surface area contributed by atoms with Gasteiger partial charge in [0.05, 0.1) is 17.7 Å². The minimum absolute atomic E-state index is 0.00393. The van der Waals surface area contributed by atoms with Gasteiger partial charge >= 0.3 is 0 Å². The number of benzene rings is 1. The topological polar surface area (TPSA) is 29.5 Å². The predicted molar refractivity (Wildman–Crippen MR) is 80.4 cm³/mol. The van der Waals surface area contributed by atoms with Gasteiger partial charge in [0, 0.05) is 28.6 Å². The van der Waals surface area contributed by atoms with Crippen LogP contribution in [0.1, 0.15) is 28.8 Å². The number of nitrogens with zero attached hydrogens (tertiary/aromatic N) is 1. The van der Waals surface area contributed by atoms with Gasteiger partial charge in [0.25, 0.3) is 5.91 Å². The normalized spacial score (nSPS) is 25.4. The van der Waals surface area contributed by atoms with E-state index in [1.54, 1.807) is 11.3 Å². The molecule has 2 aliphatic heterocycles. The van der Waals surface area contributed by atoms with Gasteiger partial charge in [-0.15, -0.1) is 11.3 Å². The Bertz CT molecular complexity index is 685. The fourth-order valence-electron chi connectivity index (χ4n) is 3.31. The zero-order valence-electron chi connectivity index (χ0n) is 11.5. The van der Waals surface area contributed by atoms with Crippen LogP contribution in [-0.4, -0.2) is 36.1 Å². The predicted octanol–water partition coefficient (Wildman–Crippen LogP) is 3.21. The molecule has 4 rings (SSSR count). The minimum atomic E-state index is -0.00393. The van der Waals surface area contributed by atoms with E-state index in [2.05, 4.69) is 25.1 Å². The zero-order chi connectivity index (χ0) is 13.7. The average molecular weight is 287 g/mol. The lowest BCUT2D eigenvalue weighted by atomic mass is 9.83. The quantitative estimate of drug-likeness (QED) is 0.806. The molecule has 1 spiro atoms. The van der Waals surface area contributed by atoms with Gasteiger partial charge in [-0.2, -0.15) is 0 Å². The molecule has 2 fully saturated rings. The molecule has 3 heterocycles. The highest BCUT2D eigenvalue weighted by atomic mass is 32.1. The molecule has 1 unspecified atom stereocenters. The van der Waals surface area contributed by atoms with Gasteiger partial charge in [0.2, 0.25) is 0 Å². The average Bonchev–Trinajstić information content (AvgIpc) is 3.04. The molecular formula is C16H17NO2S. The summed E-state index contributed by atoms with van der Waals surface area (Å²) < 4.78 is 6.71. The van der Waals surface area contributed by atoms with E-state index in [1.165, 1.54) is 10.3 Å². The fourth-order valence-corrected chi connectivity index (χ4v) is 4.34. The third kappa shape index (κ3) is 1.64. The SMILES string of the molecule is Cc1ccc2c(C(=O)N3CCC34CCOC4)csc2c1. The van der Waals surface area contributed by atoms with Crippen LogP contribution in [0.4, 0.5) is 0 Å². The molecule has 2 aliphatic rings. The van der Waals surface area contributed by atoms with Gasteiger partial charge in [-0.05, 0) is 31.4 Å². The highest BCUT2D eigenvalue weighted by molar-refractivity contribution is 7.17. The van der Waals surface area contributed by atoms with Gasteiger partial charge in [-0.3, -0.25) is 4.79 Å². The molecule has 20 heavy (non-hydrogen) atoms. The number of hydrogen-bond donors (Lipinski definition) is 0. The Labute approximate surface area is 122 Å². The summed E-state index contributed by atoms with van der Waals surface area (Å²) in [4.78, 5) is 14.9. The highest BCUT2D eigenvalue weighted by Crippen LogP contribution is 2.40. The zero-order valence-corrected chi connectivity index (χ0v) is 12.3. The van der Waals surface area contributed by atoms with Crippen molar-refractivity contribution in [2.24, 2.45) is 0 Å². The number of carbonyl (C=O) groups is 1. The van der Waals surface area contributed by atoms with E-state index in [1.807, 2.05) is 10.3 Å². The second kappa shape index (κ2) is 4.30. The maximum atomic E-state index is 12.8. The highest BCUT2D eigenvalue weighted by Gasteiger charge is 2.50. The Hall–Kier alpha value is -1.39. The molecule has 2 aromatic rings. The molecule has 1 aromatic heterocycles. The molecule has 0 aliphatic carbocycles. The molecule has 1 atom stereocenters. The first-order valence-electron chi connectivity index (χ1n) is 7.07. The van der Waals surface area contributed by atoms with Crippen LogP contribution in [0.15, 0.2) is 23.6 Å². The van der Waals surface area contributed by atoms with E-state index >= 15 is 0 Å². The molecule has 1 amide bonds. The van der Waals surface area contributed by atoms with Crippen LogP contribution < -0.4 is 0 Å². The number of fused-ring (bicyclic) bond motifs is 1. The van der Waals surface area contributed by atoms with E-state index in [-0.39, 0.29) is 11.4 Å². The Morgan fingerprint density at radius 3 is 3.00 bits per heavy atom. The van der Waals surface area contributed by atoms with Crippen molar-refractivity contribution in [1.82, 2.24) is 4.90 Å². The number of ether oxygens (including phenoxy) is 1. The Balaban J connectivity index is 1.71. The molecular weight excluding hydrogens is 270 g/mol. The summed E-state index contributed by atoms with van der Waals surface area (Å²) >= 11 is 1.66. The summed E-state index contributed by atoms with van der Waals surface area (Å²) in [5.74, 6) is 0.178. The number of amides is 1.